The third-order valence-electron chi connectivity index (χ3n) is 3.99. The smallest absolute Gasteiger partial charge is 0.270 e. The molecule has 1 aliphatic rings. The van der Waals surface area contributed by atoms with Crippen molar-refractivity contribution >= 4 is 23.4 Å². The first-order valence-corrected chi connectivity index (χ1v) is 9.12. The Morgan fingerprint density at radius 2 is 2.12 bits per heavy atom. The molecule has 24 heavy (non-hydrogen) atoms. The number of nitrogens with zero attached hydrogens (tertiary/aromatic N) is 1. The van der Waals surface area contributed by atoms with Crippen molar-refractivity contribution in [1.29, 1.82) is 0 Å². The average Bonchev–Trinajstić information content (AvgIpc) is 3.06. The van der Waals surface area contributed by atoms with Crippen molar-refractivity contribution in [3.8, 4) is 0 Å². The molecule has 2 heterocycles. The maximum Gasteiger partial charge on any atom is 0.270 e. The third-order valence-corrected chi connectivity index (χ3v) is 5.23. The molecule has 2 aromatic rings. The van der Waals surface area contributed by atoms with Crippen LogP contribution in [0.1, 0.15) is 22.5 Å². The van der Waals surface area contributed by atoms with Crippen LogP contribution in [0.4, 0.5) is 5.69 Å². The second-order valence-corrected chi connectivity index (χ2v) is 7.08. The van der Waals surface area contributed by atoms with E-state index in [1.165, 1.54) is 0 Å². The molecule has 1 aromatic heterocycles. The lowest BCUT2D eigenvalue weighted by molar-refractivity contribution is 0.0820. The lowest BCUT2D eigenvalue weighted by Gasteiger charge is -2.22. The highest BCUT2D eigenvalue weighted by Gasteiger charge is 2.31. The lowest BCUT2D eigenvalue weighted by Crippen LogP contribution is -2.36. The maximum absolute atomic E-state index is 12.2. The number of thioether (sulfide) groups is 1. The number of hydrogen-bond donors (Lipinski definition) is 3. The van der Waals surface area contributed by atoms with Crippen LogP contribution in [0.3, 0.4) is 0 Å². The summed E-state index contributed by atoms with van der Waals surface area (Å²) in [6, 6.07) is 13.3. The van der Waals surface area contributed by atoms with Crippen molar-refractivity contribution in [2.24, 2.45) is 0 Å². The van der Waals surface area contributed by atoms with Gasteiger partial charge in [0.2, 0.25) is 0 Å². The molecule has 1 aromatic carbocycles. The summed E-state index contributed by atoms with van der Waals surface area (Å²) in [4.78, 5) is 16.4. The van der Waals surface area contributed by atoms with Gasteiger partial charge in [0, 0.05) is 30.7 Å². The summed E-state index contributed by atoms with van der Waals surface area (Å²) in [5.41, 5.74) is 1.54. The first-order valence-electron chi connectivity index (χ1n) is 7.97. The average molecular weight is 343 g/mol. The molecule has 1 fully saturated rings. The van der Waals surface area contributed by atoms with Crippen molar-refractivity contribution in [1.82, 2.24) is 10.3 Å². The van der Waals surface area contributed by atoms with Crippen molar-refractivity contribution in [2.45, 2.75) is 18.6 Å². The molecule has 3 N–H and O–H groups in total. The summed E-state index contributed by atoms with van der Waals surface area (Å²) in [5, 5.41) is 16.4. The molecular weight excluding hydrogens is 322 g/mol. The molecule has 0 spiro atoms. The standard InChI is InChI=1S/C18H21N3O2S/c22-17(20-11-14-4-2-1-3-5-14)16-10-15(6-8-19-16)21-12-18(23)7-9-24-13-18/h1-6,8,10,23H,7,9,11-13H2,(H,19,21)(H,20,22). The fourth-order valence-corrected chi connectivity index (χ4v) is 3.83. The third kappa shape index (κ3) is 4.49. The Bertz CT molecular complexity index is 688. The first-order chi connectivity index (χ1) is 11.6. The van der Waals surface area contributed by atoms with Crippen LogP contribution in [0.2, 0.25) is 0 Å². The van der Waals surface area contributed by atoms with E-state index in [0.29, 0.717) is 18.8 Å². The molecule has 0 radical (unpaired) electrons. The van der Waals surface area contributed by atoms with E-state index in [9.17, 15) is 9.90 Å². The minimum absolute atomic E-state index is 0.211. The molecular formula is C18H21N3O2S. The van der Waals surface area contributed by atoms with Crippen LogP contribution in [0.15, 0.2) is 48.7 Å². The van der Waals surface area contributed by atoms with Crippen LogP contribution >= 0.6 is 11.8 Å². The van der Waals surface area contributed by atoms with Crippen molar-refractivity contribution < 1.29 is 9.90 Å². The van der Waals surface area contributed by atoms with Crippen LogP contribution < -0.4 is 10.6 Å². The van der Waals surface area contributed by atoms with Gasteiger partial charge in [-0.25, -0.2) is 0 Å². The molecule has 1 saturated heterocycles. The first kappa shape index (κ1) is 16.8. The number of rotatable bonds is 6. The Labute approximate surface area is 145 Å². The fourth-order valence-electron chi connectivity index (χ4n) is 2.54. The molecule has 0 saturated carbocycles. The van der Waals surface area contributed by atoms with Gasteiger partial charge in [0.25, 0.3) is 5.91 Å². The van der Waals surface area contributed by atoms with E-state index in [4.69, 9.17) is 0 Å². The topological polar surface area (TPSA) is 74.2 Å². The number of hydrogen-bond acceptors (Lipinski definition) is 5. The Kier molecular flexibility index (Phi) is 5.37. The van der Waals surface area contributed by atoms with Crippen LogP contribution in [0.5, 0.6) is 0 Å². The van der Waals surface area contributed by atoms with Crippen LogP contribution in [0, 0.1) is 0 Å². The molecule has 5 nitrogen and oxygen atoms in total. The van der Waals surface area contributed by atoms with Gasteiger partial charge in [-0.05, 0) is 29.9 Å². The van der Waals surface area contributed by atoms with E-state index in [1.807, 2.05) is 30.3 Å². The van der Waals surface area contributed by atoms with Gasteiger partial charge in [-0.1, -0.05) is 30.3 Å². The van der Waals surface area contributed by atoms with E-state index in [-0.39, 0.29) is 5.91 Å². The second-order valence-electron chi connectivity index (χ2n) is 5.98. The normalized spacial score (nSPS) is 19.9. The van der Waals surface area contributed by atoms with Gasteiger partial charge in [0.15, 0.2) is 0 Å². The number of benzene rings is 1. The number of amides is 1. The van der Waals surface area contributed by atoms with E-state index < -0.39 is 5.60 Å². The van der Waals surface area contributed by atoms with Crippen LogP contribution in [-0.2, 0) is 6.54 Å². The summed E-state index contributed by atoms with van der Waals surface area (Å²) >= 11 is 1.76. The highest BCUT2D eigenvalue weighted by atomic mass is 32.2. The van der Waals surface area contributed by atoms with Gasteiger partial charge < -0.3 is 15.7 Å². The minimum Gasteiger partial charge on any atom is -0.387 e. The van der Waals surface area contributed by atoms with E-state index in [2.05, 4.69) is 15.6 Å². The monoisotopic (exact) mass is 343 g/mol. The molecule has 3 rings (SSSR count). The molecule has 126 valence electrons. The van der Waals surface area contributed by atoms with Gasteiger partial charge in [-0.2, -0.15) is 11.8 Å². The molecule has 1 atom stereocenters. The Hall–Kier alpha value is -2.05. The Balaban J connectivity index is 1.56. The van der Waals surface area contributed by atoms with E-state index >= 15 is 0 Å². The Morgan fingerprint density at radius 1 is 1.29 bits per heavy atom. The number of aliphatic hydroxyl groups is 1. The number of carbonyl (C=O) groups is 1. The van der Waals surface area contributed by atoms with Gasteiger partial charge in [-0.15, -0.1) is 0 Å². The van der Waals surface area contributed by atoms with Crippen molar-refractivity contribution in [3.63, 3.8) is 0 Å². The van der Waals surface area contributed by atoms with Crippen LogP contribution in [-0.4, -0.2) is 39.6 Å². The predicted octanol–water partition coefficient (Wildman–Crippen LogP) is 2.29. The molecule has 1 amide bonds. The van der Waals surface area contributed by atoms with Gasteiger partial charge in [0.05, 0.1) is 5.60 Å². The SMILES string of the molecule is O=C(NCc1ccccc1)c1cc(NCC2(O)CCSC2)ccn1. The van der Waals surface area contributed by atoms with Gasteiger partial charge in [0.1, 0.15) is 5.69 Å². The zero-order valence-electron chi connectivity index (χ0n) is 13.4. The minimum atomic E-state index is -0.663. The summed E-state index contributed by atoms with van der Waals surface area (Å²) in [5.74, 6) is 1.52. The van der Waals surface area contributed by atoms with Crippen molar-refractivity contribution in [3.05, 3.63) is 59.9 Å². The molecule has 1 unspecified atom stereocenters. The fraction of sp³-hybridized carbons (Fsp3) is 0.333. The van der Waals surface area contributed by atoms with Gasteiger partial charge in [-0.3, -0.25) is 9.78 Å². The number of anilines is 1. The van der Waals surface area contributed by atoms with Gasteiger partial charge >= 0.3 is 0 Å². The number of nitrogens with one attached hydrogen (secondary N) is 2. The summed E-state index contributed by atoms with van der Waals surface area (Å²) < 4.78 is 0. The van der Waals surface area contributed by atoms with E-state index in [1.54, 1.807) is 30.1 Å². The zero-order valence-corrected chi connectivity index (χ0v) is 14.2. The molecule has 6 heteroatoms. The maximum atomic E-state index is 12.2. The van der Waals surface area contributed by atoms with Crippen LogP contribution in [0.25, 0.3) is 0 Å². The number of pyridine rings is 1. The number of carbonyl (C=O) groups excluding carboxylic acids is 1. The Morgan fingerprint density at radius 3 is 2.88 bits per heavy atom. The van der Waals surface area contributed by atoms with E-state index in [0.717, 1.165) is 29.2 Å². The van der Waals surface area contributed by atoms with Crippen molar-refractivity contribution in [2.75, 3.05) is 23.4 Å². The predicted molar refractivity (Wildman–Crippen MR) is 97.2 cm³/mol. The molecule has 1 aliphatic heterocycles. The molecule has 0 bridgehead atoms. The summed E-state index contributed by atoms with van der Waals surface area (Å²) in [6.45, 7) is 0.949. The summed E-state index contributed by atoms with van der Waals surface area (Å²) in [6.07, 6.45) is 2.40. The quantitative estimate of drug-likeness (QED) is 0.750. The highest BCUT2D eigenvalue weighted by Crippen LogP contribution is 2.28. The zero-order chi connectivity index (χ0) is 16.8. The number of aromatic nitrogens is 1. The summed E-state index contributed by atoms with van der Waals surface area (Å²) in [7, 11) is 0. The largest absolute Gasteiger partial charge is 0.387 e. The lowest BCUT2D eigenvalue weighted by atomic mass is 10.0. The molecule has 0 aliphatic carbocycles. The second kappa shape index (κ2) is 7.68. The highest BCUT2D eigenvalue weighted by molar-refractivity contribution is 7.99.